The van der Waals surface area contributed by atoms with Crippen molar-refractivity contribution in [1.29, 1.82) is 0 Å². The van der Waals surface area contributed by atoms with Crippen LogP contribution < -0.4 is 10.6 Å². The number of carbonyl (C=O) groups is 5. The highest BCUT2D eigenvalue weighted by Crippen LogP contribution is 2.17. The molecule has 1 aliphatic rings. The van der Waals surface area contributed by atoms with E-state index in [1.165, 1.54) is 12.1 Å². The number of rotatable bonds is 8. The SMILES string of the molecule is CCC(=O)Nc1ccc(C(=O)COC(=O)CCN2C(=O)NC(C)(C)C2=O)cc1. The molecule has 0 bridgehead atoms. The van der Waals surface area contributed by atoms with Crippen molar-refractivity contribution in [1.82, 2.24) is 10.2 Å². The van der Waals surface area contributed by atoms with E-state index in [9.17, 15) is 24.0 Å². The molecule has 0 saturated carbocycles. The molecule has 1 aromatic carbocycles. The zero-order valence-electron chi connectivity index (χ0n) is 16.0. The number of anilines is 1. The van der Waals surface area contributed by atoms with Gasteiger partial charge in [-0.1, -0.05) is 6.92 Å². The zero-order valence-corrected chi connectivity index (χ0v) is 16.0. The lowest BCUT2D eigenvalue weighted by Gasteiger charge is -2.15. The number of nitrogens with zero attached hydrogens (tertiary/aromatic N) is 1. The molecule has 1 aliphatic heterocycles. The van der Waals surface area contributed by atoms with Gasteiger partial charge in [0, 0.05) is 24.2 Å². The topological polar surface area (TPSA) is 122 Å². The van der Waals surface area contributed by atoms with Gasteiger partial charge in [-0.2, -0.15) is 0 Å². The predicted octanol–water partition coefficient (Wildman–Crippen LogP) is 1.48. The lowest BCUT2D eigenvalue weighted by Crippen LogP contribution is -2.40. The van der Waals surface area contributed by atoms with Crippen LogP contribution in [0.15, 0.2) is 24.3 Å². The first kappa shape index (κ1) is 21.1. The minimum Gasteiger partial charge on any atom is -0.457 e. The van der Waals surface area contributed by atoms with Crippen LogP contribution in [0, 0.1) is 0 Å². The summed E-state index contributed by atoms with van der Waals surface area (Å²) in [6.07, 6.45) is 0.142. The number of hydrogen-bond donors (Lipinski definition) is 2. The standard InChI is InChI=1S/C19H23N3O6/c1-4-15(24)20-13-7-5-12(6-8-13)14(23)11-28-16(25)9-10-22-17(26)19(2,3)21-18(22)27/h5-8H,4,9-11H2,1-3H3,(H,20,24)(H,21,27). The summed E-state index contributed by atoms with van der Waals surface area (Å²) in [6, 6.07) is 5.66. The molecule has 4 amide bonds. The molecular formula is C19H23N3O6. The Bertz CT molecular complexity index is 800. The molecule has 150 valence electrons. The summed E-state index contributed by atoms with van der Waals surface area (Å²) in [6.45, 7) is 4.30. The Morgan fingerprint density at radius 2 is 1.79 bits per heavy atom. The summed E-state index contributed by atoms with van der Waals surface area (Å²) in [5.74, 6) is -1.65. The number of Topliss-reactive ketones (excluding diaryl/α,β-unsaturated/α-hetero) is 1. The fourth-order valence-electron chi connectivity index (χ4n) is 2.51. The predicted molar refractivity (Wildman–Crippen MR) is 99.6 cm³/mol. The number of benzene rings is 1. The molecular weight excluding hydrogens is 366 g/mol. The Morgan fingerprint density at radius 1 is 1.14 bits per heavy atom. The van der Waals surface area contributed by atoms with Crippen molar-refractivity contribution in [2.24, 2.45) is 0 Å². The molecule has 9 nitrogen and oxygen atoms in total. The van der Waals surface area contributed by atoms with E-state index in [4.69, 9.17) is 4.74 Å². The summed E-state index contributed by atoms with van der Waals surface area (Å²) in [5.41, 5.74) is -0.102. The maximum absolute atomic E-state index is 12.1. The third kappa shape index (κ3) is 5.15. The second kappa shape index (κ2) is 8.64. The molecule has 1 fully saturated rings. The van der Waals surface area contributed by atoms with Gasteiger partial charge >= 0.3 is 12.0 Å². The van der Waals surface area contributed by atoms with Crippen molar-refractivity contribution in [3.05, 3.63) is 29.8 Å². The Hall–Kier alpha value is -3.23. The van der Waals surface area contributed by atoms with Gasteiger partial charge in [0.05, 0.1) is 6.42 Å². The van der Waals surface area contributed by atoms with Gasteiger partial charge in [0.25, 0.3) is 5.91 Å². The van der Waals surface area contributed by atoms with Crippen LogP contribution in [0.2, 0.25) is 0 Å². The molecule has 9 heteroatoms. The summed E-state index contributed by atoms with van der Waals surface area (Å²) in [4.78, 5) is 60.0. The highest BCUT2D eigenvalue weighted by Gasteiger charge is 2.44. The Morgan fingerprint density at radius 3 is 2.32 bits per heavy atom. The fraction of sp³-hybridized carbons (Fsp3) is 0.421. The summed E-state index contributed by atoms with van der Waals surface area (Å²) >= 11 is 0. The first-order valence-electron chi connectivity index (χ1n) is 8.87. The van der Waals surface area contributed by atoms with Gasteiger partial charge in [-0.3, -0.25) is 24.1 Å². The van der Waals surface area contributed by atoms with E-state index in [0.29, 0.717) is 17.7 Å². The van der Waals surface area contributed by atoms with Gasteiger partial charge in [0.1, 0.15) is 5.54 Å². The number of carbonyl (C=O) groups excluding carboxylic acids is 5. The van der Waals surface area contributed by atoms with Gasteiger partial charge in [-0.15, -0.1) is 0 Å². The van der Waals surface area contributed by atoms with Crippen LogP contribution in [0.3, 0.4) is 0 Å². The third-order valence-corrected chi connectivity index (χ3v) is 4.16. The lowest BCUT2D eigenvalue weighted by molar-refractivity contribution is -0.143. The van der Waals surface area contributed by atoms with Crippen LogP contribution in [-0.2, 0) is 19.1 Å². The zero-order chi connectivity index (χ0) is 20.9. The Balaban J connectivity index is 1.79. The molecule has 0 radical (unpaired) electrons. The average Bonchev–Trinajstić information content (AvgIpc) is 2.85. The second-order valence-electron chi connectivity index (χ2n) is 6.82. The maximum atomic E-state index is 12.1. The molecule has 0 aromatic heterocycles. The number of amides is 4. The third-order valence-electron chi connectivity index (χ3n) is 4.16. The molecule has 2 N–H and O–H groups in total. The molecule has 1 saturated heterocycles. The fourth-order valence-corrected chi connectivity index (χ4v) is 2.51. The van der Waals surface area contributed by atoms with E-state index in [0.717, 1.165) is 4.90 Å². The normalized spacial score (nSPS) is 15.2. The first-order chi connectivity index (χ1) is 13.1. The van der Waals surface area contributed by atoms with Crippen molar-refractivity contribution in [2.75, 3.05) is 18.5 Å². The van der Waals surface area contributed by atoms with Gasteiger partial charge in [-0.25, -0.2) is 4.79 Å². The van der Waals surface area contributed by atoms with E-state index in [-0.39, 0.29) is 18.9 Å². The Kier molecular flexibility index (Phi) is 6.50. The van der Waals surface area contributed by atoms with Crippen molar-refractivity contribution in [2.45, 2.75) is 39.2 Å². The summed E-state index contributed by atoms with van der Waals surface area (Å²) in [5, 5.41) is 5.18. The number of nitrogens with one attached hydrogen (secondary N) is 2. The molecule has 1 aromatic rings. The van der Waals surface area contributed by atoms with Crippen LogP contribution in [-0.4, -0.2) is 53.2 Å². The van der Waals surface area contributed by atoms with E-state index < -0.39 is 35.8 Å². The minimum atomic E-state index is -1.00. The van der Waals surface area contributed by atoms with Crippen LogP contribution in [0.1, 0.15) is 44.0 Å². The highest BCUT2D eigenvalue weighted by molar-refractivity contribution is 6.06. The molecule has 0 spiro atoms. The average molecular weight is 389 g/mol. The van der Waals surface area contributed by atoms with E-state index in [1.807, 2.05) is 0 Å². The van der Waals surface area contributed by atoms with Crippen molar-refractivity contribution in [3.63, 3.8) is 0 Å². The number of urea groups is 1. The monoisotopic (exact) mass is 389 g/mol. The minimum absolute atomic E-state index is 0.118. The lowest BCUT2D eigenvalue weighted by atomic mass is 10.1. The molecule has 0 unspecified atom stereocenters. The number of esters is 1. The van der Waals surface area contributed by atoms with E-state index in [2.05, 4.69) is 10.6 Å². The molecule has 1 heterocycles. The molecule has 0 atom stereocenters. The maximum Gasteiger partial charge on any atom is 0.325 e. The van der Waals surface area contributed by atoms with E-state index >= 15 is 0 Å². The van der Waals surface area contributed by atoms with Gasteiger partial charge in [0.15, 0.2) is 12.4 Å². The van der Waals surface area contributed by atoms with Crippen LogP contribution >= 0.6 is 0 Å². The number of ether oxygens (including phenoxy) is 1. The molecule has 0 aliphatic carbocycles. The van der Waals surface area contributed by atoms with E-state index in [1.54, 1.807) is 32.9 Å². The van der Waals surface area contributed by atoms with Crippen LogP contribution in [0.5, 0.6) is 0 Å². The highest BCUT2D eigenvalue weighted by atomic mass is 16.5. The number of imide groups is 1. The number of hydrogen-bond acceptors (Lipinski definition) is 6. The van der Waals surface area contributed by atoms with Gasteiger partial charge in [-0.05, 0) is 38.1 Å². The second-order valence-corrected chi connectivity index (χ2v) is 6.82. The Labute approximate surface area is 162 Å². The van der Waals surface area contributed by atoms with Crippen LogP contribution in [0.4, 0.5) is 10.5 Å². The number of ketones is 1. The summed E-state index contributed by atoms with van der Waals surface area (Å²) < 4.78 is 4.92. The van der Waals surface area contributed by atoms with Crippen LogP contribution in [0.25, 0.3) is 0 Å². The van der Waals surface area contributed by atoms with Crippen molar-refractivity contribution >= 4 is 35.3 Å². The largest absolute Gasteiger partial charge is 0.457 e. The van der Waals surface area contributed by atoms with Gasteiger partial charge in [0.2, 0.25) is 5.91 Å². The van der Waals surface area contributed by atoms with Crippen molar-refractivity contribution in [3.8, 4) is 0 Å². The smallest absolute Gasteiger partial charge is 0.325 e. The molecule has 28 heavy (non-hydrogen) atoms. The summed E-state index contributed by atoms with van der Waals surface area (Å²) in [7, 11) is 0. The first-order valence-corrected chi connectivity index (χ1v) is 8.87. The van der Waals surface area contributed by atoms with Gasteiger partial charge < -0.3 is 15.4 Å². The van der Waals surface area contributed by atoms with Crippen molar-refractivity contribution < 1.29 is 28.7 Å². The quantitative estimate of drug-likeness (QED) is 0.395. The molecule has 2 rings (SSSR count).